The Morgan fingerprint density at radius 1 is 1.73 bits per heavy atom. The third kappa shape index (κ3) is 1.63. The van der Waals surface area contributed by atoms with Crippen molar-refractivity contribution in [1.82, 2.24) is 9.97 Å². The number of hydrogen-bond donors (Lipinski definition) is 1. The van der Waals surface area contributed by atoms with Gasteiger partial charge in [-0.25, -0.2) is 9.37 Å². The second-order valence-electron chi connectivity index (χ2n) is 2.74. The molecule has 1 heterocycles. The molecule has 0 spiro atoms. The van der Waals surface area contributed by atoms with E-state index in [-0.39, 0.29) is 5.82 Å². The maximum atomic E-state index is 12.9. The smallest absolute Gasteiger partial charge is 0.234 e. The molecule has 1 rings (SSSR count). The first-order valence-corrected chi connectivity index (χ1v) is 3.25. The van der Waals surface area contributed by atoms with Crippen LogP contribution in [0.25, 0.3) is 0 Å². The highest BCUT2D eigenvalue weighted by atomic mass is 19.1. The van der Waals surface area contributed by atoms with E-state index < -0.39 is 11.5 Å². The van der Waals surface area contributed by atoms with Crippen LogP contribution >= 0.6 is 0 Å². The van der Waals surface area contributed by atoms with Crippen LogP contribution in [0.5, 0.6) is 0 Å². The van der Waals surface area contributed by atoms with E-state index in [9.17, 15) is 9.18 Å². The molecule has 1 aromatic rings. The second-order valence-corrected chi connectivity index (χ2v) is 2.74. The van der Waals surface area contributed by atoms with Crippen molar-refractivity contribution in [2.45, 2.75) is 19.5 Å². The Morgan fingerprint density at radius 3 is 2.73 bits per heavy atom. The van der Waals surface area contributed by atoms with Crippen LogP contribution in [0.2, 0.25) is 0 Å². The normalized spacial score (nSPS) is 11.5. The van der Waals surface area contributed by atoms with Gasteiger partial charge in [-0.2, -0.15) is 0 Å². The number of Topliss-reactive ketones (excluding diaryl/α,β-unsaturated/α-hetero) is 1. The summed E-state index contributed by atoms with van der Waals surface area (Å²) in [5.74, 6) is -0.556. The fraction of sp³-hybridized carbons (Fsp3) is 0.429. The molecule has 60 valence electrons. The molecular weight excluding hydrogens is 147 g/mol. The SMILES string of the molecule is CC(C)(F)C(=O)c1ncc[nH]1. The maximum absolute atomic E-state index is 12.9. The average Bonchev–Trinajstić information content (AvgIpc) is 2.34. The second kappa shape index (κ2) is 2.45. The predicted octanol–water partition coefficient (Wildman–Crippen LogP) is 1.34. The minimum Gasteiger partial charge on any atom is -0.342 e. The number of ketones is 1. The summed E-state index contributed by atoms with van der Waals surface area (Å²) >= 11 is 0. The first-order valence-electron chi connectivity index (χ1n) is 3.25. The lowest BCUT2D eigenvalue weighted by atomic mass is 10.1. The standard InChI is InChI=1S/C7H9FN2O/c1-7(2,8)5(11)6-9-3-4-10-6/h3-4H,1-2H3,(H,9,10). The number of rotatable bonds is 2. The molecule has 0 aliphatic heterocycles. The number of imidazole rings is 1. The highest BCUT2D eigenvalue weighted by Gasteiger charge is 2.29. The molecule has 0 aromatic carbocycles. The number of aromatic amines is 1. The van der Waals surface area contributed by atoms with Crippen LogP contribution in [-0.4, -0.2) is 21.4 Å². The van der Waals surface area contributed by atoms with Crippen LogP contribution in [0.15, 0.2) is 12.4 Å². The monoisotopic (exact) mass is 156 g/mol. The zero-order valence-electron chi connectivity index (χ0n) is 6.39. The van der Waals surface area contributed by atoms with Crippen molar-refractivity contribution in [3.8, 4) is 0 Å². The Kier molecular flexibility index (Phi) is 1.76. The van der Waals surface area contributed by atoms with Crippen LogP contribution in [0, 0.1) is 0 Å². The third-order valence-electron chi connectivity index (χ3n) is 1.25. The van der Waals surface area contributed by atoms with Crippen LogP contribution in [0.1, 0.15) is 24.5 Å². The minimum absolute atomic E-state index is 0.0671. The number of carbonyl (C=O) groups is 1. The number of nitrogens with one attached hydrogen (secondary N) is 1. The Hall–Kier alpha value is -1.19. The summed E-state index contributed by atoms with van der Waals surface area (Å²) in [5, 5.41) is 0. The van der Waals surface area contributed by atoms with E-state index in [0.29, 0.717) is 0 Å². The minimum atomic E-state index is -1.85. The van der Waals surface area contributed by atoms with Gasteiger partial charge in [0, 0.05) is 12.4 Å². The average molecular weight is 156 g/mol. The Morgan fingerprint density at radius 2 is 2.36 bits per heavy atom. The Labute approximate surface area is 63.6 Å². The van der Waals surface area contributed by atoms with Crippen molar-refractivity contribution >= 4 is 5.78 Å². The molecular formula is C7H9FN2O. The lowest BCUT2D eigenvalue weighted by Crippen LogP contribution is -2.26. The highest BCUT2D eigenvalue weighted by molar-refractivity contribution is 5.98. The summed E-state index contributed by atoms with van der Waals surface area (Å²) in [4.78, 5) is 17.2. The van der Waals surface area contributed by atoms with Gasteiger partial charge in [0.25, 0.3) is 0 Å². The molecule has 0 unspecified atom stereocenters. The van der Waals surface area contributed by atoms with Gasteiger partial charge in [-0.05, 0) is 13.8 Å². The number of halogens is 1. The van der Waals surface area contributed by atoms with Crippen LogP contribution in [-0.2, 0) is 0 Å². The predicted molar refractivity (Wildman–Crippen MR) is 38.1 cm³/mol. The van der Waals surface area contributed by atoms with Gasteiger partial charge in [-0.3, -0.25) is 4.79 Å². The summed E-state index contributed by atoms with van der Waals surface area (Å²) < 4.78 is 12.9. The third-order valence-corrected chi connectivity index (χ3v) is 1.25. The van der Waals surface area contributed by atoms with E-state index in [1.165, 1.54) is 26.2 Å². The molecule has 1 aromatic heterocycles. The van der Waals surface area contributed by atoms with Gasteiger partial charge in [0.15, 0.2) is 11.5 Å². The molecule has 3 nitrogen and oxygen atoms in total. The van der Waals surface area contributed by atoms with Gasteiger partial charge in [0.05, 0.1) is 0 Å². The number of nitrogens with zero attached hydrogens (tertiary/aromatic N) is 1. The fourth-order valence-electron chi connectivity index (χ4n) is 0.671. The van der Waals surface area contributed by atoms with Gasteiger partial charge in [-0.1, -0.05) is 0 Å². The van der Waals surface area contributed by atoms with Crippen molar-refractivity contribution in [2.75, 3.05) is 0 Å². The number of aromatic nitrogens is 2. The zero-order chi connectivity index (χ0) is 8.48. The molecule has 0 radical (unpaired) electrons. The molecule has 0 fully saturated rings. The van der Waals surface area contributed by atoms with Crippen molar-refractivity contribution in [3.05, 3.63) is 18.2 Å². The van der Waals surface area contributed by atoms with E-state index in [2.05, 4.69) is 9.97 Å². The number of alkyl halides is 1. The van der Waals surface area contributed by atoms with E-state index in [1.807, 2.05) is 0 Å². The van der Waals surface area contributed by atoms with Gasteiger partial charge in [-0.15, -0.1) is 0 Å². The van der Waals surface area contributed by atoms with Gasteiger partial charge in [0.2, 0.25) is 5.78 Å². The lowest BCUT2D eigenvalue weighted by molar-refractivity contribution is 0.0749. The van der Waals surface area contributed by atoms with Gasteiger partial charge < -0.3 is 4.98 Å². The van der Waals surface area contributed by atoms with E-state index in [0.717, 1.165) is 0 Å². The first-order chi connectivity index (χ1) is 5.02. The van der Waals surface area contributed by atoms with E-state index in [1.54, 1.807) is 0 Å². The topological polar surface area (TPSA) is 45.8 Å². The van der Waals surface area contributed by atoms with Crippen LogP contribution in [0.3, 0.4) is 0 Å². The fourth-order valence-corrected chi connectivity index (χ4v) is 0.671. The number of H-pyrrole nitrogens is 1. The molecule has 0 aliphatic carbocycles. The van der Waals surface area contributed by atoms with E-state index in [4.69, 9.17) is 0 Å². The molecule has 1 N–H and O–H groups in total. The molecule has 0 saturated carbocycles. The lowest BCUT2D eigenvalue weighted by Gasteiger charge is -2.09. The Bertz CT molecular complexity index is 248. The zero-order valence-corrected chi connectivity index (χ0v) is 6.39. The van der Waals surface area contributed by atoms with Crippen LogP contribution in [0.4, 0.5) is 4.39 Å². The number of hydrogen-bond acceptors (Lipinski definition) is 2. The van der Waals surface area contributed by atoms with Gasteiger partial charge >= 0.3 is 0 Å². The van der Waals surface area contributed by atoms with Crippen molar-refractivity contribution in [1.29, 1.82) is 0 Å². The largest absolute Gasteiger partial charge is 0.342 e. The summed E-state index contributed by atoms with van der Waals surface area (Å²) in [6.07, 6.45) is 2.90. The number of carbonyl (C=O) groups excluding carboxylic acids is 1. The quantitative estimate of drug-likeness (QED) is 0.657. The van der Waals surface area contributed by atoms with Gasteiger partial charge in [0.1, 0.15) is 0 Å². The first kappa shape index (κ1) is 7.91. The maximum Gasteiger partial charge on any atom is 0.234 e. The molecule has 0 aliphatic rings. The molecule has 0 saturated heterocycles. The molecule has 11 heavy (non-hydrogen) atoms. The molecule has 4 heteroatoms. The van der Waals surface area contributed by atoms with Crippen molar-refractivity contribution < 1.29 is 9.18 Å². The van der Waals surface area contributed by atoms with Crippen molar-refractivity contribution in [3.63, 3.8) is 0 Å². The summed E-state index contributed by atoms with van der Waals surface area (Å²) in [6, 6.07) is 0. The molecule has 0 bridgehead atoms. The summed E-state index contributed by atoms with van der Waals surface area (Å²) in [6.45, 7) is 2.41. The summed E-state index contributed by atoms with van der Waals surface area (Å²) in [5.41, 5.74) is -1.85. The van der Waals surface area contributed by atoms with Crippen molar-refractivity contribution in [2.24, 2.45) is 0 Å². The van der Waals surface area contributed by atoms with Crippen LogP contribution < -0.4 is 0 Å². The summed E-state index contributed by atoms with van der Waals surface area (Å²) in [7, 11) is 0. The Balaban J connectivity index is 2.88. The molecule has 0 atom stereocenters. The highest BCUT2D eigenvalue weighted by Crippen LogP contribution is 2.13. The van der Waals surface area contributed by atoms with E-state index >= 15 is 0 Å². The molecule has 0 amide bonds.